The molecule has 2 heterocycles. The van der Waals surface area contributed by atoms with E-state index in [1.807, 2.05) is 12.1 Å². The Balaban J connectivity index is 1.80. The van der Waals surface area contributed by atoms with Crippen molar-refractivity contribution in [2.45, 2.75) is 38.1 Å². The molecule has 1 aromatic carbocycles. The summed E-state index contributed by atoms with van der Waals surface area (Å²) in [7, 11) is 0. The highest BCUT2D eigenvalue weighted by Crippen LogP contribution is 2.32. The van der Waals surface area contributed by atoms with Crippen LogP contribution >= 0.6 is 15.9 Å². The number of halogens is 1. The molecule has 5 heteroatoms. The number of hydrogen-bond donors (Lipinski definition) is 1. The summed E-state index contributed by atoms with van der Waals surface area (Å²) >= 11 is 3.48. The molecular formula is C15H18BrN3O. The molecule has 1 N–H and O–H groups in total. The van der Waals surface area contributed by atoms with Crippen LogP contribution in [0.3, 0.4) is 0 Å². The van der Waals surface area contributed by atoms with Crippen molar-refractivity contribution in [1.29, 1.82) is 0 Å². The average molecular weight is 336 g/mol. The fourth-order valence-corrected chi connectivity index (χ4v) is 3.24. The van der Waals surface area contributed by atoms with Gasteiger partial charge in [0, 0.05) is 10.9 Å². The Morgan fingerprint density at radius 3 is 3.05 bits per heavy atom. The Morgan fingerprint density at radius 1 is 1.45 bits per heavy atom. The molecule has 1 saturated heterocycles. The average Bonchev–Trinajstić information content (AvgIpc) is 3.08. The predicted molar refractivity (Wildman–Crippen MR) is 80.5 cm³/mol. The monoisotopic (exact) mass is 335 g/mol. The number of benzene rings is 1. The first kappa shape index (κ1) is 13.8. The standard InChI is InChI=1S/C15H18BrN3O/c1-2-15(7-4-8-17-15)14-18-13(19-20-14)10-11-5-3-6-12(16)9-11/h3,5-6,9,17H,2,4,7-8,10H2,1H3. The second-order valence-corrected chi connectivity index (χ2v) is 6.20. The molecular weight excluding hydrogens is 318 g/mol. The minimum Gasteiger partial charge on any atom is -0.337 e. The molecule has 0 spiro atoms. The smallest absolute Gasteiger partial charge is 0.246 e. The van der Waals surface area contributed by atoms with E-state index in [4.69, 9.17) is 4.52 Å². The lowest BCUT2D eigenvalue weighted by atomic mass is 9.94. The van der Waals surface area contributed by atoms with E-state index in [1.54, 1.807) is 0 Å². The van der Waals surface area contributed by atoms with Gasteiger partial charge in [-0.3, -0.25) is 0 Å². The lowest BCUT2D eigenvalue weighted by Crippen LogP contribution is -2.36. The van der Waals surface area contributed by atoms with Gasteiger partial charge in [0.2, 0.25) is 5.89 Å². The van der Waals surface area contributed by atoms with Gasteiger partial charge in [0.15, 0.2) is 5.82 Å². The Labute approximate surface area is 127 Å². The maximum absolute atomic E-state index is 5.51. The maximum Gasteiger partial charge on any atom is 0.246 e. The van der Waals surface area contributed by atoms with Crippen molar-refractivity contribution in [3.8, 4) is 0 Å². The van der Waals surface area contributed by atoms with Crippen LogP contribution in [0, 0.1) is 0 Å². The summed E-state index contributed by atoms with van der Waals surface area (Å²) in [6.45, 7) is 3.19. The molecule has 0 radical (unpaired) electrons. The summed E-state index contributed by atoms with van der Waals surface area (Å²) in [5.74, 6) is 1.49. The van der Waals surface area contributed by atoms with Crippen molar-refractivity contribution in [1.82, 2.24) is 15.5 Å². The minimum atomic E-state index is -0.109. The molecule has 4 nitrogen and oxygen atoms in total. The molecule has 0 amide bonds. The first-order valence-electron chi connectivity index (χ1n) is 7.04. The summed E-state index contributed by atoms with van der Waals surface area (Å²) in [5, 5.41) is 7.66. The Bertz CT molecular complexity index is 590. The molecule has 1 unspecified atom stereocenters. The van der Waals surface area contributed by atoms with Gasteiger partial charge in [-0.25, -0.2) is 0 Å². The Kier molecular flexibility index (Phi) is 3.89. The van der Waals surface area contributed by atoms with Crippen molar-refractivity contribution < 1.29 is 4.52 Å². The van der Waals surface area contributed by atoms with E-state index in [0.29, 0.717) is 6.42 Å². The van der Waals surface area contributed by atoms with Gasteiger partial charge in [-0.15, -0.1) is 0 Å². The molecule has 1 aromatic heterocycles. The van der Waals surface area contributed by atoms with Gasteiger partial charge < -0.3 is 9.84 Å². The van der Waals surface area contributed by atoms with Gasteiger partial charge >= 0.3 is 0 Å². The summed E-state index contributed by atoms with van der Waals surface area (Å²) in [5.41, 5.74) is 1.07. The van der Waals surface area contributed by atoms with Crippen LogP contribution in [0.5, 0.6) is 0 Å². The first-order valence-corrected chi connectivity index (χ1v) is 7.84. The van der Waals surface area contributed by atoms with Gasteiger partial charge in [0.1, 0.15) is 0 Å². The number of nitrogens with zero attached hydrogens (tertiary/aromatic N) is 2. The largest absolute Gasteiger partial charge is 0.337 e. The van der Waals surface area contributed by atoms with Crippen molar-refractivity contribution >= 4 is 15.9 Å². The number of hydrogen-bond acceptors (Lipinski definition) is 4. The molecule has 1 atom stereocenters. The van der Waals surface area contributed by atoms with E-state index < -0.39 is 0 Å². The lowest BCUT2D eigenvalue weighted by molar-refractivity contribution is 0.249. The third-order valence-corrected chi connectivity index (χ3v) is 4.47. The summed E-state index contributed by atoms with van der Waals surface area (Å²) < 4.78 is 6.58. The highest BCUT2D eigenvalue weighted by molar-refractivity contribution is 9.10. The molecule has 20 heavy (non-hydrogen) atoms. The molecule has 0 saturated carbocycles. The number of aromatic nitrogens is 2. The molecule has 0 bridgehead atoms. The number of rotatable bonds is 4. The third-order valence-electron chi connectivity index (χ3n) is 3.98. The van der Waals surface area contributed by atoms with Gasteiger partial charge in [0.05, 0.1) is 5.54 Å². The molecule has 2 aromatic rings. The quantitative estimate of drug-likeness (QED) is 0.930. The highest BCUT2D eigenvalue weighted by atomic mass is 79.9. The van der Waals surface area contributed by atoms with Crippen LogP contribution in [0.25, 0.3) is 0 Å². The SMILES string of the molecule is CCC1(c2nc(Cc3cccc(Br)c3)no2)CCCN1. The fraction of sp³-hybridized carbons (Fsp3) is 0.467. The second-order valence-electron chi connectivity index (χ2n) is 5.29. The maximum atomic E-state index is 5.51. The lowest BCUT2D eigenvalue weighted by Gasteiger charge is -2.22. The fourth-order valence-electron chi connectivity index (χ4n) is 2.79. The summed E-state index contributed by atoms with van der Waals surface area (Å²) in [4.78, 5) is 4.60. The summed E-state index contributed by atoms with van der Waals surface area (Å²) in [6.07, 6.45) is 3.91. The van der Waals surface area contributed by atoms with E-state index >= 15 is 0 Å². The number of nitrogens with one attached hydrogen (secondary N) is 1. The molecule has 1 fully saturated rings. The minimum absolute atomic E-state index is 0.109. The van der Waals surface area contributed by atoms with Gasteiger partial charge in [0.25, 0.3) is 0 Å². The molecule has 1 aliphatic rings. The van der Waals surface area contributed by atoms with E-state index in [-0.39, 0.29) is 5.54 Å². The van der Waals surface area contributed by atoms with E-state index in [2.05, 4.69) is 50.4 Å². The predicted octanol–water partition coefficient (Wildman–Crippen LogP) is 3.41. The van der Waals surface area contributed by atoms with E-state index in [1.165, 1.54) is 5.56 Å². The molecule has 3 rings (SSSR count). The van der Waals surface area contributed by atoms with Crippen molar-refractivity contribution in [2.75, 3.05) is 6.54 Å². The van der Waals surface area contributed by atoms with Gasteiger partial charge in [-0.05, 0) is 43.5 Å². The van der Waals surface area contributed by atoms with Gasteiger partial charge in [-0.1, -0.05) is 40.1 Å². The van der Waals surface area contributed by atoms with Crippen LogP contribution in [-0.4, -0.2) is 16.7 Å². The van der Waals surface area contributed by atoms with Crippen LogP contribution in [-0.2, 0) is 12.0 Å². The summed E-state index contributed by atoms with van der Waals surface area (Å²) in [6, 6.07) is 8.19. The zero-order valence-electron chi connectivity index (χ0n) is 11.5. The van der Waals surface area contributed by atoms with Crippen LogP contribution in [0.4, 0.5) is 0 Å². The van der Waals surface area contributed by atoms with E-state index in [0.717, 1.165) is 42.0 Å². The Hall–Kier alpha value is -1.20. The van der Waals surface area contributed by atoms with Crippen LogP contribution in [0.15, 0.2) is 33.3 Å². The molecule has 1 aliphatic heterocycles. The second kappa shape index (κ2) is 5.66. The van der Waals surface area contributed by atoms with Crippen molar-refractivity contribution in [3.05, 3.63) is 46.0 Å². The van der Waals surface area contributed by atoms with Crippen LogP contribution < -0.4 is 5.32 Å². The third kappa shape index (κ3) is 2.65. The zero-order valence-corrected chi connectivity index (χ0v) is 13.1. The topological polar surface area (TPSA) is 51.0 Å². The first-order chi connectivity index (χ1) is 9.72. The zero-order chi connectivity index (χ0) is 14.0. The molecule has 0 aliphatic carbocycles. The highest BCUT2D eigenvalue weighted by Gasteiger charge is 2.38. The van der Waals surface area contributed by atoms with Crippen molar-refractivity contribution in [2.24, 2.45) is 0 Å². The van der Waals surface area contributed by atoms with Gasteiger partial charge in [-0.2, -0.15) is 4.98 Å². The van der Waals surface area contributed by atoms with Crippen LogP contribution in [0.2, 0.25) is 0 Å². The van der Waals surface area contributed by atoms with E-state index in [9.17, 15) is 0 Å². The molecule has 106 valence electrons. The normalized spacial score (nSPS) is 22.3. The Morgan fingerprint density at radius 2 is 2.35 bits per heavy atom. The van der Waals surface area contributed by atoms with Crippen molar-refractivity contribution in [3.63, 3.8) is 0 Å². The van der Waals surface area contributed by atoms with Crippen LogP contribution in [0.1, 0.15) is 43.5 Å².